The van der Waals surface area contributed by atoms with E-state index in [1.54, 1.807) is 6.07 Å². The Balaban J connectivity index is 2.32. The van der Waals surface area contributed by atoms with Gasteiger partial charge < -0.3 is 9.53 Å². The highest BCUT2D eigenvalue weighted by atomic mass is 28.4. The molecule has 0 atom stereocenters. The molecule has 3 nitrogen and oxygen atoms in total. The van der Waals surface area contributed by atoms with Gasteiger partial charge in [0, 0.05) is 0 Å². The molecular weight excluding hydrogens is 316 g/mol. The summed E-state index contributed by atoms with van der Waals surface area (Å²) in [6, 6.07) is 15.5. The molecule has 0 amide bonds. The van der Waals surface area contributed by atoms with Crippen LogP contribution in [0, 0.1) is 0 Å². The summed E-state index contributed by atoms with van der Waals surface area (Å²) >= 11 is 0. The third-order valence-corrected chi connectivity index (χ3v) is 9.04. The smallest absolute Gasteiger partial charge is 0.339 e. The second-order valence-electron chi connectivity index (χ2n) is 7.66. The zero-order valence-electron chi connectivity index (χ0n) is 15.1. The fourth-order valence-corrected chi connectivity index (χ4v) is 3.24. The van der Waals surface area contributed by atoms with Gasteiger partial charge in [-0.1, -0.05) is 57.2 Å². The number of hydrogen-bond acceptors (Lipinski definition) is 2. The lowest BCUT2D eigenvalue weighted by Gasteiger charge is -2.36. The molecule has 0 aliphatic heterocycles. The summed E-state index contributed by atoms with van der Waals surface area (Å²) in [5, 5.41) is 9.61. The minimum atomic E-state index is -2.08. The van der Waals surface area contributed by atoms with E-state index in [1.807, 2.05) is 42.5 Å². The van der Waals surface area contributed by atoms with E-state index in [1.165, 1.54) is 0 Å². The molecule has 1 N–H and O–H groups in total. The van der Waals surface area contributed by atoms with Gasteiger partial charge in [-0.2, -0.15) is 0 Å². The van der Waals surface area contributed by atoms with E-state index in [2.05, 4.69) is 33.9 Å². The minimum Gasteiger partial charge on any atom is -0.543 e. The van der Waals surface area contributed by atoms with Crippen molar-refractivity contribution in [3.63, 3.8) is 0 Å². The van der Waals surface area contributed by atoms with Crippen LogP contribution in [-0.4, -0.2) is 19.4 Å². The lowest BCUT2D eigenvalue weighted by Crippen LogP contribution is -2.44. The largest absolute Gasteiger partial charge is 0.543 e. The fourth-order valence-electron chi connectivity index (χ4n) is 2.20. The minimum absolute atomic E-state index is 0.0193. The van der Waals surface area contributed by atoms with E-state index < -0.39 is 14.3 Å². The Morgan fingerprint density at radius 1 is 1.04 bits per heavy atom. The van der Waals surface area contributed by atoms with Crippen LogP contribution in [0.25, 0.3) is 0 Å². The lowest BCUT2D eigenvalue weighted by molar-refractivity contribution is 0.0694. The van der Waals surface area contributed by atoms with Crippen LogP contribution in [0.2, 0.25) is 18.1 Å². The zero-order chi connectivity index (χ0) is 18.0. The normalized spacial score (nSPS) is 12.0. The van der Waals surface area contributed by atoms with Crippen LogP contribution >= 0.6 is 0 Å². The summed E-state index contributed by atoms with van der Waals surface area (Å²) in [4.78, 5) is 11.7. The summed E-state index contributed by atoms with van der Waals surface area (Å²) in [7, 11) is -2.08. The van der Waals surface area contributed by atoms with Crippen LogP contribution in [0.15, 0.2) is 48.5 Å². The van der Waals surface area contributed by atoms with E-state index in [0.29, 0.717) is 12.2 Å². The van der Waals surface area contributed by atoms with E-state index >= 15 is 0 Å². The predicted molar refractivity (Wildman–Crippen MR) is 100 cm³/mol. The van der Waals surface area contributed by atoms with Crippen LogP contribution < -0.4 is 4.43 Å². The van der Waals surface area contributed by atoms with E-state index in [-0.39, 0.29) is 10.6 Å². The van der Waals surface area contributed by atoms with Crippen molar-refractivity contribution in [3.8, 4) is 5.75 Å². The van der Waals surface area contributed by atoms with Crippen LogP contribution in [0.1, 0.15) is 42.3 Å². The third-order valence-electron chi connectivity index (χ3n) is 4.70. The zero-order valence-corrected chi connectivity index (χ0v) is 16.1. The SMILES string of the molecule is CC(C)(C)[Si](C)(C)Oc1ccc(Cc2ccccc2)cc1C(=O)O. The first-order chi connectivity index (χ1) is 11.1. The molecule has 2 rings (SSSR count). The second-order valence-corrected chi connectivity index (χ2v) is 12.4. The molecule has 0 radical (unpaired) electrons. The van der Waals surface area contributed by atoms with E-state index in [9.17, 15) is 9.90 Å². The van der Waals surface area contributed by atoms with Crippen molar-refractivity contribution in [3.05, 3.63) is 65.2 Å². The van der Waals surface area contributed by atoms with Crippen LogP contribution in [0.3, 0.4) is 0 Å². The van der Waals surface area contributed by atoms with Crippen LogP contribution in [0.4, 0.5) is 0 Å². The van der Waals surface area contributed by atoms with Gasteiger partial charge in [-0.05, 0) is 47.8 Å². The standard InChI is InChI=1S/C20H26O3Si/c1-20(2,3)24(4,5)23-18-12-11-16(14-17(18)19(21)22)13-15-9-7-6-8-10-15/h6-12,14H,13H2,1-5H3,(H,21,22). The third kappa shape index (κ3) is 4.26. The van der Waals surface area contributed by atoms with Gasteiger partial charge in [-0.25, -0.2) is 4.79 Å². The Kier molecular flexibility index (Phi) is 5.18. The molecule has 0 aliphatic carbocycles. The number of aromatic carboxylic acids is 1. The van der Waals surface area contributed by atoms with Crippen molar-refractivity contribution in [2.75, 3.05) is 0 Å². The van der Waals surface area contributed by atoms with Crippen molar-refractivity contribution >= 4 is 14.3 Å². The molecule has 0 fully saturated rings. The Labute approximate surface area is 145 Å². The first-order valence-corrected chi connectivity index (χ1v) is 11.1. The number of carboxylic acids is 1. The van der Waals surface area contributed by atoms with Gasteiger partial charge in [0.25, 0.3) is 8.32 Å². The Bertz CT molecular complexity index is 715. The molecule has 2 aromatic carbocycles. The molecule has 24 heavy (non-hydrogen) atoms. The first-order valence-electron chi connectivity index (χ1n) is 8.19. The predicted octanol–water partition coefficient (Wildman–Crippen LogP) is 5.36. The maximum atomic E-state index is 11.7. The van der Waals surface area contributed by atoms with Crippen molar-refractivity contribution in [1.29, 1.82) is 0 Å². The quantitative estimate of drug-likeness (QED) is 0.744. The summed E-state index contributed by atoms with van der Waals surface area (Å²) in [6.45, 7) is 10.7. The number of rotatable bonds is 5. The van der Waals surface area contributed by atoms with Gasteiger partial charge in [-0.15, -0.1) is 0 Å². The van der Waals surface area contributed by atoms with Gasteiger partial charge in [0.15, 0.2) is 0 Å². The average molecular weight is 343 g/mol. The van der Waals surface area contributed by atoms with Gasteiger partial charge in [-0.3, -0.25) is 0 Å². The molecule has 0 bridgehead atoms. The number of carbonyl (C=O) groups is 1. The summed E-state index contributed by atoms with van der Waals surface area (Å²) in [6.07, 6.45) is 0.710. The number of hydrogen-bond donors (Lipinski definition) is 1. The summed E-state index contributed by atoms with van der Waals surface area (Å²) in [5.74, 6) is -0.468. The number of benzene rings is 2. The molecule has 0 saturated carbocycles. The number of carboxylic acid groups (broad SMARTS) is 1. The van der Waals surface area contributed by atoms with Crippen molar-refractivity contribution < 1.29 is 14.3 Å². The molecule has 0 saturated heterocycles. The molecule has 0 heterocycles. The molecule has 2 aromatic rings. The lowest BCUT2D eigenvalue weighted by atomic mass is 10.0. The van der Waals surface area contributed by atoms with Gasteiger partial charge in [0.1, 0.15) is 11.3 Å². The Morgan fingerprint density at radius 2 is 1.67 bits per heavy atom. The fraction of sp³-hybridized carbons (Fsp3) is 0.350. The Morgan fingerprint density at radius 3 is 2.21 bits per heavy atom. The highest BCUT2D eigenvalue weighted by Crippen LogP contribution is 2.38. The molecule has 0 unspecified atom stereocenters. The monoisotopic (exact) mass is 342 g/mol. The van der Waals surface area contributed by atoms with Crippen LogP contribution in [0.5, 0.6) is 5.75 Å². The molecule has 0 aromatic heterocycles. The molecule has 128 valence electrons. The molecular formula is C20H26O3Si. The summed E-state index contributed by atoms with van der Waals surface area (Å²) < 4.78 is 6.22. The molecule has 4 heteroatoms. The highest BCUT2D eigenvalue weighted by Gasteiger charge is 2.39. The van der Waals surface area contributed by atoms with Gasteiger partial charge in [0.2, 0.25) is 0 Å². The average Bonchev–Trinajstić information content (AvgIpc) is 2.48. The maximum Gasteiger partial charge on any atom is 0.339 e. The molecule has 0 aliphatic rings. The first kappa shape index (κ1) is 18.3. The highest BCUT2D eigenvalue weighted by molar-refractivity contribution is 6.74. The van der Waals surface area contributed by atoms with Crippen molar-refractivity contribution in [2.24, 2.45) is 0 Å². The van der Waals surface area contributed by atoms with E-state index in [4.69, 9.17) is 4.43 Å². The van der Waals surface area contributed by atoms with E-state index in [0.717, 1.165) is 11.1 Å². The molecule has 0 spiro atoms. The second kappa shape index (κ2) is 6.81. The van der Waals surface area contributed by atoms with Crippen molar-refractivity contribution in [2.45, 2.75) is 45.3 Å². The van der Waals surface area contributed by atoms with Gasteiger partial charge >= 0.3 is 5.97 Å². The summed E-state index contributed by atoms with van der Waals surface area (Å²) in [5.41, 5.74) is 2.38. The van der Waals surface area contributed by atoms with Gasteiger partial charge in [0.05, 0.1) is 0 Å². The maximum absolute atomic E-state index is 11.7. The Hall–Kier alpha value is -2.07. The van der Waals surface area contributed by atoms with Crippen molar-refractivity contribution in [1.82, 2.24) is 0 Å². The topological polar surface area (TPSA) is 46.5 Å². The van der Waals surface area contributed by atoms with Crippen LogP contribution in [-0.2, 0) is 6.42 Å².